The van der Waals surface area contributed by atoms with Crippen molar-refractivity contribution >= 4 is 28.5 Å². The van der Waals surface area contributed by atoms with Gasteiger partial charge in [-0.1, -0.05) is 48.3 Å². The van der Waals surface area contributed by atoms with Crippen LogP contribution in [0.4, 0.5) is 0 Å². The molecule has 9 nitrogen and oxygen atoms in total. The largest absolute Gasteiger partial charge is 0.476 e. The SMILES string of the molecule is CCCCc1nc(Cl)c(C(=O)O)n1Cc1ccc2c(ccn2-c2ccccc2-c2noc(=O)[nH]2)c1. The molecular formula is C25H22ClN5O4. The maximum Gasteiger partial charge on any atom is 0.439 e. The van der Waals surface area contributed by atoms with Gasteiger partial charge in [0.15, 0.2) is 16.7 Å². The van der Waals surface area contributed by atoms with Crippen LogP contribution in [0.3, 0.4) is 0 Å². The molecule has 5 rings (SSSR count). The fraction of sp³-hybridized carbons (Fsp3) is 0.200. The average molecular weight is 492 g/mol. The van der Waals surface area contributed by atoms with Crippen LogP contribution in [0.2, 0.25) is 5.15 Å². The molecule has 0 amide bonds. The van der Waals surface area contributed by atoms with Crippen molar-refractivity contribution in [2.24, 2.45) is 0 Å². The first-order chi connectivity index (χ1) is 17.0. The van der Waals surface area contributed by atoms with Crippen molar-refractivity contribution in [3.05, 3.63) is 87.5 Å². The van der Waals surface area contributed by atoms with E-state index in [1.54, 1.807) is 4.57 Å². The molecule has 5 aromatic rings. The molecule has 35 heavy (non-hydrogen) atoms. The van der Waals surface area contributed by atoms with E-state index in [0.717, 1.165) is 40.6 Å². The molecule has 0 aliphatic rings. The molecule has 10 heteroatoms. The highest BCUT2D eigenvalue weighted by molar-refractivity contribution is 6.32. The highest BCUT2D eigenvalue weighted by atomic mass is 35.5. The number of carbonyl (C=O) groups is 1. The molecule has 0 saturated carbocycles. The summed E-state index contributed by atoms with van der Waals surface area (Å²) >= 11 is 6.17. The minimum Gasteiger partial charge on any atom is -0.476 e. The van der Waals surface area contributed by atoms with E-state index in [-0.39, 0.29) is 10.8 Å². The predicted molar refractivity (Wildman–Crippen MR) is 131 cm³/mol. The first kappa shape index (κ1) is 22.7. The first-order valence-corrected chi connectivity index (χ1v) is 11.6. The summed E-state index contributed by atoms with van der Waals surface area (Å²) in [5, 5.41) is 14.5. The Morgan fingerprint density at radius 1 is 1.20 bits per heavy atom. The Kier molecular flexibility index (Phi) is 6.00. The molecule has 2 N–H and O–H groups in total. The lowest BCUT2D eigenvalue weighted by molar-refractivity contribution is 0.0685. The van der Waals surface area contributed by atoms with Gasteiger partial charge in [0, 0.05) is 30.1 Å². The molecule has 0 saturated heterocycles. The van der Waals surface area contributed by atoms with Gasteiger partial charge in [0.1, 0.15) is 5.82 Å². The van der Waals surface area contributed by atoms with Crippen molar-refractivity contribution in [2.45, 2.75) is 32.7 Å². The van der Waals surface area contributed by atoms with Gasteiger partial charge >= 0.3 is 11.7 Å². The van der Waals surface area contributed by atoms with Crippen molar-refractivity contribution in [3.8, 4) is 17.1 Å². The zero-order valence-electron chi connectivity index (χ0n) is 18.9. The minimum atomic E-state index is -1.10. The number of aryl methyl sites for hydroxylation is 1. The molecule has 0 radical (unpaired) electrons. The second-order valence-electron chi connectivity index (χ2n) is 8.20. The van der Waals surface area contributed by atoms with Gasteiger partial charge in [-0.3, -0.25) is 9.51 Å². The number of fused-ring (bicyclic) bond motifs is 1. The van der Waals surface area contributed by atoms with Gasteiger partial charge in [0.05, 0.1) is 11.2 Å². The van der Waals surface area contributed by atoms with Gasteiger partial charge in [-0.05, 0) is 42.3 Å². The van der Waals surface area contributed by atoms with Gasteiger partial charge in [0.2, 0.25) is 0 Å². The van der Waals surface area contributed by atoms with E-state index in [2.05, 4.69) is 26.6 Å². The second kappa shape index (κ2) is 9.27. The van der Waals surface area contributed by atoms with Gasteiger partial charge in [-0.15, -0.1) is 0 Å². The van der Waals surface area contributed by atoms with E-state index in [9.17, 15) is 14.7 Å². The molecule has 0 aliphatic heterocycles. The summed E-state index contributed by atoms with van der Waals surface area (Å²) in [5.74, 6) is -0.695. The Labute approximate surface area is 204 Å². The van der Waals surface area contributed by atoms with Crippen LogP contribution < -0.4 is 5.76 Å². The molecule has 0 aliphatic carbocycles. The fourth-order valence-corrected chi connectivity index (χ4v) is 4.56. The van der Waals surface area contributed by atoms with E-state index < -0.39 is 11.7 Å². The van der Waals surface area contributed by atoms with E-state index in [1.165, 1.54) is 0 Å². The van der Waals surface area contributed by atoms with Crippen molar-refractivity contribution in [1.82, 2.24) is 24.3 Å². The number of hydrogen-bond acceptors (Lipinski definition) is 5. The standard InChI is InChI=1S/C25H22ClN5O4/c1-2-3-8-20-27-22(26)21(24(32)33)31(20)14-15-9-10-18-16(13-15)11-12-30(18)19-7-5-4-6-17(19)23-28-25(34)35-29-23/h4-7,9-13H,2-3,8,14H2,1H3,(H,32,33)(H,28,29,34). The molecule has 0 spiro atoms. The van der Waals surface area contributed by atoms with Crippen LogP contribution >= 0.6 is 11.6 Å². The Morgan fingerprint density at radius 3 is 2.77 bits per heavy atom. The highest BCUT2D eigenvalue weighted by Crippen LogP contribution is 2.29. The third kappa shape index (κ3) is 4.26. The van der Waals surface area contributed by atoms with E-state index >= 15 is 0 Å². The van der Waals surface area contributed by atoms with Crippen molar-refractivity contribution < 1.29 is 14.4 Å². The number of hydrogen-bond donors (Lipinski definition) is 2. The van der Waals surface area contributed by atoms with Crippen LogP contribution in [0.5, 0.6) is 0 Å². The van der Waals surface area contributed by atoms with Crippen LogP contribution in [-0.4, -0.2) is 35.3 Å². The summed E-state index contributed by atoms with van der Waals surface area (Å²) in [7, 11) is 0. The van der Waals surface area contributed by atoms with Crippen LogP contribution in [-0.2, 0) is 13.0 Å². The molecule has 0 unspecified atom stereocenters. The lowest BCUT2D eigenvalue weighted by Crippen LogP contribution is -2.13. The number of carboxylic acids is 1. The predicted octanol–water partition coefficient (Wildman–Crippen LogP) is 4.91. The number of imidazole rings is 1. The normalized spacial score (nSPS) is 11.4. The number of carboxylic acid groups (broad SMARTS) is 1. The molecule has 3 aromatic heterocycles. The van der Waals surface area contributed by atoms with Crippen molar-refractivity contribution in [3.63, 3.8) is 0 Å². The monoisotopic (exact) mass is 491 g/mol. The molecule has 0 bridgehead atoms. The summed E-state index contributed by atoms with van der Waals surface area (Å²) in [6, 6.07) is 15.5. The maximum atomic E-state index is 11.9. The van der Waals surface area contributed by atoms with Gasteiger partial charge in [0.25, 0.3) is 0 Å². The fourth-order valence-electron chi connectivity index (χ4n) is 4.28. The number of rotatable bonds is 8. The number of halogens is 1. The highest BCUT2D eigenvalue weighted by Gasteiger charge is 2.22. The number of unbranched alkanes of at least 4 members (excludes halogenated alkanes) is 1. The Balaban J connectivity index is 1.53. The quantitative estimate of drug-likeness (QED) is 0.318. The molecule has 178 valence electrons. The number of aromatic nitrogens is 5. The summed E-state index contributed by atoms with van der Waals surface area (Å²) in [6.07, 6.45) is 4.46. The molecule has 0 fully saturated rings. The number of aromatic carboxylic acids is 1. The summed E-state index contributed by atoms with van der Waals surface area (Å²) in [5.41, 5.74) is 3.43. The van der Waals surface area contributed by atoms with Crippen molar-refractivity contribution in [2.75, 3.05) is 0 Å². The number of nitrogens with one attached hydrogen (secondary N) is 1. The first-order valence-electron chi connectivity index (χ1n) is 11.2. The second-order valence-corrected chi connectivity index (χ2v) is 8.56. The smallest absolute Gasteiger partial charge is 0.439 e. The topological polar surface area (TPSA) is 119 Å². The number of H-pyrrole nitrogens is 1. The Bertz CT molecular complexity index is 1590. The third-order valence-corrected chi connectivity index (χ3v) is 6.18. The number of aromatic amines is 1. The molecule has 0 atom stereocenters. The van der Waals surface area contributed by atoms with Crippen LogP contribution in [0.1, 0.15) is 41.6 Å². The lowest BCUT2D eigenvalue weighted by atomic mass is 10.1. The zero-order chi connectivity index (χ0) is 24.5. The van der Waals surface area contributed by atoms with Gasteiger partial charge in [-0.2, -0.15) is 0 Å². The minimum absolute atomic E-state index is 0.00553. The van der Waals surface area contributed by atoms with Crippen molar-refractivity contribution in [1.29, 1.82) is 0 Å². The summed E-state index contributed by atoms with van der Waals surface area (Å²) in [6.45, 7) is 2.42. The van der Waals surface area contributed by atoms with E-state index in [1.807, 2.05) is 59.3 Å². The number of para-hydroxylation sites is 1. The van der Waals surface area contributed by atoms with Crippen LogP contribution in [0.25, 0.3) is 28.0 Å². The zero-order valence-corrected chi connectivity index (χ0v) is 19.6. The number of nitrogens with zero attached hydrogens (tertiary/aromatic N) is 4. The Hall–Kier alpha value is -4.11. The van der Waals surface area contributed by atoms with Crippen LogP contribution in [0, 0.1) is 0 Å². The maximum absolute atomic E-state index is 11.9. The van der Waals surface area contributed by atoms with E-state index in [4.69, 9.17) is 11.6 Å². The Morgan fingerprint density at radius 2 is 2.03 bits per heavy atom. The average Bonchev–Trinajstić information content (AvgIpc) is 3.54. The summed E-state index contributed by atoms with van der Waals surface area (Å²) < 4.78 is 8.38. The van der Waals surface area contributed by atoms with Gasteiger partial charge < -0.3 is 14.2 Å². The summed E-state index contributed by atoms with van der Waals surface area (Å²) in [4.78, 5) is 30.2. The molecule has 3 heterocycles. The van der Waals surface area contributed by atoms with E-state index in [0.29, 0.717) is 24.6 Å². The third-order valence-electron chi connectivity index (χ3n) is 5.91. The van der Waals surface area contributed by atoms with Gasteiger partial charge in [-0.25, -0.2) is 14.6 Å². The molecule has 2 aromatic carbocycles. The van der Waals surface area contributed by atoms with Crippen LogP contribution in [0.15, 0.2) is 64.0 Å². The molecular weight excluding hydrogens is 470 g/mol. The number of benzene rings is 2. The lowest BCUT2D eigenvalue weighted by Gasteiger charge is -2.12.